The lowest BCUT2D eigenvalue weighted by Crippen LogP contribution is -2.15. The second-order valence-electron chi connectivity index (χ2n) is 5.77. The van der Waals surface area contributed by atoms with Crippen LogP contribution >= 0.6 is 0 Å². The van der Waals surface area contributed by atoms with E-state index in [-0.39, 0.29) is 5.92 Å². The smallest absolute Gasteiger partial charge is 0.125 e. The maximum atomic E-state index is 6.05. The van der Waals surface area contributed by atoms with E-state index in [1.54, 1.807) is 14.2 Å². The van der Waals surface area contributed by atoms with Crippen molar-refractivity contribution < 1.29 is 14.2 Å². The highest BCUT2D eigenvalue weighted by atomic mass is 16.5. The third-order valence-electron chi connectivity index (χ3n) is 4.22. The Morgan fingerprint density at radius 2 is 1.79 bits per heavy atom. The summed E-state index contributed by atoms with van der Waals surface area (Å²) in [6, 6.07) is 12.2. The van der Waals surface area contributed by atoms with Crippen LogP contribution in [0.15, 0.2) is 36.4 Å². The quantitative estimate of drug-likeness (QED) is 0.802. The summed E-state index contributed by atoms with van der Waals surface area (Å²) in [6.45, 7) is 5.30. The van der Waals surface area contributed by atoms with Gasteiger partial charge in [-0.25, -0.2) is 0 Å². The summed E-state index contributed by atoms with van der Waals surface area (Å²) in [4.78, 5) is 0. The predicted molar refractivity (Wildman–Crippen MR) is 97.4 cm³/mol. The zero-order chi connectivity index (χ0) is 17.5. The van der Waals surface area contributed by atoms with Crippen LogP contribution in [0.4, 0.5) is 0 Å². The first-order valence-electron chi connectivity index (χ1n) is 8.27. The number of aryl methyl sites for hydroxylation is 1. The second-order valence-corrected chi connectivity index (χ2v) is 5.77. The molecule has 0 spiro atoms. The summed E-state index contributed by atoms with van der Waals surface area (Å²) < 4.78 is 16.4. The minimum Gasteiger partial charge on any atom is -0.497 e. The van der Waals surface area contributed by atoms with Gasteiger partial charge in [-0.05, 0) is 55.6 Å². The van der Waals surface area contributed by atoms with Crippen LogP contribution in [0.1, 0.15) is 29.5 Å². The van der Waals surface area contributed by atoms with Gasteiger partial charge in [0.05, 0.1) is 20.8 Å². The third-order valence-corrected chi connectivity index (χ3v) is 4.22. The minimum atomic E-state index is 0.224. The average molecular weight is 329 g/mol. The van der Waals surface area contributed by atoms with Gasteiger partial charge in [-0.2, -0.15) is 0 Å². The molecule has 2 aromatic rings. The molecule has 0 aromatic heterocycles. The summed E-state index contributed by atoms with van der Waals surface area (Å²) in [5.41, 5.74) is 9.53. The first-order chi connectivity index (χ1) is 11.6. The van der Waals surface area contributed by atoms with Gasteiger partial charge in [-0.3, -0.25) is 0 Å². The number of nitrogens with two attached hydrogens (primary N) is 1. The maximum Gasteiger partial charge on any atom is 0.125 e. The van der Waals surface area contributed by atoms with Gasteiger partial charge < -0.3 is 19.9 Å². The molecule has 0 bridgehead atoms. The molecule has 0 amide bonds. The largest absolute Gasteiger partial charge is 0.497 e. The summed E-state index contributed by atoms with van der Waals surface area (Å²) >= 11 is 0. The molecule has 0 fully saturated rings. The number of rotatable bonds is 8. The summed E-state index contributed by atoms with van der Waals surface area (Å²) in [5, 5.41) is 0. The second kappa shape index (κ2) is 8.60. The van der Waals surface area contributed by atoms with Crippen molar-refractivity contribution in [3.63, 3.8) is 0 Å². The lowest BCUT2D eigenvalue weighted by molar-refractivity contribution is 0.337. The van der Waals surface area contributed by atoms with Crippen molar-refractivity contribution in [2.75, 3.05) is 27.4 Å². The van der Waals surface area contributed by atoms with Gasteiger partial charge in [-0.15, -0.1) is 0 Å². The Labute approximate surface area is 144 Å². The zero-order valence-electron chi connectivity index (χ0n) is 15.0. The van der Waals surface area contributed by atoms with Crippen molar-refractivity contribution in [3.8, 4) is 17.2 Å². The highest BCUT2D eigenvalue weighted by molar-refractivity contribution is 5.43. The van der Waals surface area contributed by atoms with Gasteiger partial charge in [0.15, 0.2) is 0 Å². The molecule has 4 nitrogen and oxygen atoms in total. The molecule has 24 heavy (non-hydrogen) atoms. The summed E-state index contributed by atoms with van der Waals surface area (Å²) in [6.07, 6.45) is 0.817. The van der Waals surface area contributed by atoms with E-state index < -0.39 is 0 Å². The predicted octanol–water partition coefficient (Wildman–Crippen LogP) is 3.70. The summed E-state index contributed by atoms with van der Waals surface area (Å²) in [7, 11) is 3.33. The SMILES string of the molecule is CCOc1ccc(C(CN)Cc2ccc(OC)cc2OC)cc1C. The van der Waals surface area contributed by atoms with Crippen molar-refractivity contribution in [2.45, 2.75) is 26.2 Å². The number of benzene rings is 2. The van der Waals surface area contributed by atoms with E-state index in [1.807, 2.05) is 31.2 Å². The lowest BCUT2D eigenvalue weighted by atomic mass is 9.90. The molecule has 0 aliphatic heterocycles. The Kier molecular flexibility index (Phi) is 6.50. The van der Waals surface area contributed by atoms with Crippen LogP contribution < -0.4 is 19.9 Å². The first kappa shape index (κ1) is 18.1. The fourth-order valence-electron chi connectivity index (χ4n) is 2.87. The normalized spacial score (nSPS) is 11.9. The van der Waals surface area contributed by atoms with Crippen molar-refractivity contribution in [1.29, 1.82) is 0 Å². The van der Waals surface area contributed by atoms with Crippen molar-refractivity contribution in [2.24, 2.45) is 5.73 Å². The Bertz CT molecular complexity index is 670. The highest BCUT2D eigenvalue weighted by Gasteiger charge is 2.15. The van der Waals surface area contributed by atoms with E-state index in [9.17, 15) is 0 Å². The van der Waals surface area contributed by atoms with E-state index in [1.165, 1.54) is 5.56 Å². The molecule has 0 saturated carbocycles. The Hall–Kier alpha value is -2.20. The van der Waals surface area contributed by atoms with Crippen LogP contribution in [0.3, 0.4) is 0 Å². The topological polar surface area (TPSA) is 53.7 Å². The Morgan fingerprint density at radius 1 is 1.00 bits per heavy atom. The van der Waals surface area contributed by atoms with Gasteiger partial charge >= 0.3 is 0 Å². The molecule has 4 heteroatoms. The van der Waals surface area contributed by atoms with E-state index >= 15 is 0 Å². The van der Waals surface area contributed by atoms with Gasteiger partial charge in [0.2, 0.25) is 0 Å². The molecular formula is C20H27NO3. The summed E-state index contributed by atoms with van der Waals surface area (Å²) in [5.74, 6) is 2.77. The third kappa shape index (κ3) is 4.20. The van der Waals surface area contributed by atoms with Gasteiger partial charge in [0.25, 0.3) is 0 Å². The van der Waals surface area contributed by atoms with Crippen LogP contribution in [0.5, 0.6) is 17.2 Å². The molecule has 0 radical (unpaired) electrons. The zero-order valence-corrected chi connectivity index (χ0v) is 15.0. The first-order valence-corrected chi connectivity index (χ1v) is 8.27. The van der Waals surface area contributed by atoms with E-state index in [0.29, 0.717) is 13.2 Å². The molecule has 1 unspecified atom stereocenters. The van der Waals surface area contributed by atoms with E-state index in [0.717, 1.165) is 34.8 Å². The lowest BCUT2D eigenvalue weighted by Gasteiger charge is -2.19. The molecular weight excluding hydrogens is 302 g/mol. The van der Waals surface area contributed by atoms with E-state index in [4.69, 9.17) is 19.9 Å². The Balaban J connectivity index is 2.25. The maximum absolute atomic E-state index is 6.05. The molecule has 0 aliphatic carbocycles. The molecule has 0 saturated heterocycles. The molecule has 0 aliphatic rings. The van der Waals surface area contributed by atoms with Crippen LogP contribution in [-0.2, 0) is 6.42 Å². The fraction of sp³-hybridized carbons (Fsp3) is 0.400. The standard InChI is InChI=1S/C20H27NO3/c1-5-24-19-9-7-15(10-14(19)2)17(13-21)11-16-6-8-18(22-3)12-20(16)23-4/h6-10,12,17H,5,11,13,21H2,1-4H3. The number of ether oxygens (including phenoxy) is 3. The average Bonchev–Trinajstić information content (AvgIpc) is 2.61. The van der Waals surface area contributed by atoms with Gasteiger partial charge in [0.1, 0.15) is 17.2 Å². The molecule has 130 valence electrons. The molecule has 2 rings (SSSR count). The fourth-order valence-corrected chi connectivity index (χ4v) is 2.87. The van der Waals surface area contributed by atoms with Crippen molar-refractivity contribution in [3.05, 3.63) is 53.1 Å². The monoisotopic (exact) mass is 329 g/mol. The van der Waals surface area contributed by atoms with Crippen molar-refractivity contribution >= 4 is 0 Å². The van der Waals surface area contributed by atoms with Crippen molar-refractivity contribution in [1.82, 2.24) is 0 Å². The van der Waals surface area contributed by atoms with Crippen LogP contribution in [0, 0.1) is 6.92 Å². The molecule has 1 atom stereocenters. The number of hydrogen-bond acceptors (Lipinski definition) is 4. The van der Waals surface area contributed by atoms with Crippen LogP contribution in [0.25, 0.3) is 0 Å². The molecule has 2 N–H and O–H groups in total. The highest BCUT2D eigenvalue weighted by Crippen LogP contribution is 2.31. The van der Waals surface area contributed by atoms with Crippen LogP contribution in [-0.4, -0.2) is 27.4 Å². The van der Waals surface area contributed by atoms with Gasteiger partial charge in [0, 0.05) is 12.0 Å². The van der Waals surface area contributed by atoms with E-state index in [2.05, 4.69) is 19.1 Å². The Morgan fingerprint density at radius 3 is 2.38 bits per heavy atom. The van der Waals surface area contributed by atoms with Crippen LogP contribution in [0.2, 0.25) is 0 Å². The molecule has 0 heterocycles. The number of hydrogen-bond donors (Lipinski definition) is 1. The van der Waals surface area contributed by atoms with Gasteiger partial charge in [-0.1, -0.05) is 18.2 Å². The molecule has 2 aromatic carbocycles. The minimum absolute atomic E-state index is 0.224. The number of methoxy groups -OCH3 is 2.